The molecule has 0 atom stereocenters. The zero-order valence-electron chi connectivity index (χ0n) is 17.3. The molecular formula is C23H45NO. The van der Waals surface area contributed by atoms with Gasteiger partial charge < -0.3 is 5.32 Å². The summed E-state index contributed by atoms with van der Waals surface area (Å²) < 4.78 is 0. The molecular weight excluding hydrogens is 306 g/mol. The average Bonchev–Trinajstić information content (AvgIpc) is 2.62. The zero-order chi connectivity index (χ0) is 18.4. The van der Waals surface area contributed by atoms with Crippen LogP contribution < -0.4 is 5.32 Å². The van der Waals surface area contributed by atoms with Gasteiger partial charge in [-0.15, -0.1) is 0 Å². The largest absolute Gasteiger partial charge is 0.356 e. The second-order valence-electron chi connectivity index (χ2n) is 7.39. The highest BCUT2D eigenvalue weighted by Crippen LogP contribution is 2.10. The number of hydrogen-bond donors (Lipinski definition) is 1. The van der Waals surface area contributed by atoms with Crippen molar-refractivity contribution in [1.29, 1.82) is 0 Å². The Bertz CT molecular complexity index is 298. The van der Waals surface area contributed by atoms with E-state index in [1.807, 2.05) is 0 Å². The van der Waals surface area contributed by atoms with E-state index in [-0.39, 0.29) is 5.91 Å². The molecule has 0 unspecified atom stereocenters. The van der Waals surface area contributed by atoms with E-state index >= 15 is 0 Å². The van der Waals surface area contributed by atoms with Crippen LogP contribution in [0.5, 0.6) is 0 Å². The maximum absolute atomic E-state index is 11.6. The molecule has 2 heteroatoms. The normalized spacial score (nSPS) is 11.3. The highest BCUT2D eigenvalue weighted by atomic mass is 16.1. The van der Waals surface area contributed by atoms with Gasteiger partial charge in [0.1, 0.15) is 0 Å². The molecule has 0 heterocycles. The van der Waals surface area contributed by atoms with Gasteiger partial charge in [0, 0.05) is 13.0 Å². The number of amides is 1. The molecule has 2 nitrogen and oxygen atoms in total. The molecule has 0 saturated heterocycles. The first-order valence-corrected chi connectivity index (χ1v) is 11.2. The second kappa shape index (κ2) is 21.3. The molecule has 0 rings (SSSR count). The van der Waals surface area contributed by atoms with E-state index in [2.05, 4.69) is 31.3 Å². The summed E-state index contributed by atoms with van der Waals surface area (Å²) in [5, 5.41) is 3.02. The van der Waals surface area contributed by atoms with E-state index in [9.17, 15) is 4.79 Å². The van der Waals surface area contributed by atoms with Crippen LogP contribution in [0.15, 0.2) is 12.2 Å². The van der Waals surface area contributed by atoms with Gasteiger partial charge in [-0.05, 0) is 38.5 Å². The molecule has 0 spiro atoms. The lowest BCUT2D eigenvalue weighted by Gasteiger charge is -2.04. The molecule has 0 radical (unpaired) electrons. The Balaban J connectivity index is 3.17. The van der Waals surface area contributed by atoms with Crippen molar-refractivity contribution in [3.05, 3.63) is 12.2 Å². The van der Waals surface area contributed by atoms with Gasteiger partial charge >= 0.3 is 0 Å². The molecule has 0 aromatic rings. The highest BCUT2D eigenvalue weighted by Gasteiger charge is 1.99. The Labute approximate surface area is 158 Å². The third kappa shape index (κ3) is 21.2. The SMILES string of the molecule is CCCCCCCCC=CCCCCCCCC(=O)NCCCCC. The molecule has 0 aliphatic carbocycles. The van der Waals surface area contributed by atoms with E-state index in [1.54, 1.807) is 0 Å². The first-order chi connectivity index (χ1) is 12.3. The van der Waals surface area contributed by atoms with Gasteiger partial charge in [-0.1, -0.05) is 90.2 Å². The van der Waals surface area contributed by atoms with Crippen molar-refractivity contribution < 1.29 is 4.79 Å². The van der Waals surface area contributed by atoms with Crippen LogP contribution in [-0.4, -0.2) is 12.5 Å². The topological polar surface area (TPSA) is 29.1 Å². The third-order valence-electron chi connectivity index (χ3n) is 4.77. The lowest BCUT2D eigenvalue weighted by Crippen LogP contribution is -2.23. The number of carbonyl (C=O) groups is 1. The predicted molar refractivity (Wildman–Crippen MR) is 112 cm³/mol. The van der Waals surface area contributed by atoms with Gasteiger partial charge in [-0.25, -0.2) is 0 Å². The molecule has 0 saturated carbocycles. The first-order valence-electron chi connectivity index (χ1n) is 11.2. The summed E-state index contributed by atoms with van der Waals surface area (Å²) in [6, 6.07) is 0. The van der Waals surface area contributed by atoms with Crippen molar-refractivity contribution in [3.63, 3.8) is 0 Å². The summed E-state index contributed by atoms with van der Waals surface area (Å²) in [7, 11) is 0. The molecule has 1 N–H and O–H groups in total. The van der Waals surface area contributed by atoms with Crippen LogP contribution in [0.3, 0.4) is 0 Å². The summed E-state index contributed by atoms with van der Waals surface area (Å²) in [6.45, 7) is 5.32. The number of hydrogen-bond acceptors (Lipinski definition) is 1. The van der Waals surface area contributed by atoms with Gasteiger partial charge in [0.25, 0.3) is 0 Å². The van der Waals surface area contributed by atoms with Crippen LogP contribution in [-0.2, 0) is 4.79 Å². The number of rotatable bonds is 19. The molecule has 0 aromatic heterocycles. The fourth-order valence-corrected chi connectivity index (χ4v) is 3.05. The van der Waals surface area contributed by atoms with Crippen molar-refractivity contribution in [2.24, 2.45) is 0 Å². The quantitative estimate of drug-likeness (QED) is 0.191. The lowest BCUT2D eigenvalue weighted by molar-refractivity contribution is -0.121. The smallest absolute Gasteiger partial charge is 0.219 e. The molecule has 0 aromatic carbocycles. The minimum atomic E-state index is 0.244. The minimum absolute atomic E-state index is 0.244. The molecule has 0 bridgehead atoms. The molecule has 0 fully saturated rings. The molecule has 148 valence electrons. The van der Waals surface area contributed by atoms with Crippen molar-refractivity contribution in [3.8, 4) is 0 Å². The van der Waals surface area contributed by atoms with Crippen LogP contribution in [0.25, 0.3) is 0 Å². The fraction of sp³-hybridized carbons (Fsp3) is 0.870. The summed E-state index contributed by atoms with van der Waals surface area (Å²) >= 11 is 0. The Morgan fingerprint density at radius 1 is 0.640 bits per heavy atom. The minimum Gasteiger partial charge on any atom is -0.356 e. The van der Waals surface area contributed by atoms with Crippen LogP contribution in [0.4, 0.5) is 0 Å². The Hall–Kier alpha value is -0.790. The zero-order valence-corrected chi connectivity index (χ0v) is 17.3. The molecule has 0 aliphatic heterocycles. The summed E-state index contributed by atoms with van der Waals surface area (Å²) in [5.41, 5.74) is 0. The third-order valence-corrected chi connectivity index (χ3v) is 4.77. The van der Waals surface area contributed by atoms with Gasteiger partial charge in [-0.2, -0.15) is 0 Å². The summed E-state index contributed by atoms with van der Waals surface area (Å²) in [6.07, 6.45) is 26.0. The van der Waals surface area contributed by atoms with Gasteiger partial charge in [0.05, 0.1) is 0 Å². The van der Waals surface area contributed by atoms with Crippen molar-refractivity contribution in [1.82, 2.24) is 5.32 Å². The van der Waals surface area contributed by atoms with E-state index in [4.69, 9.17) is 0 Å². The van der Waals surface area contributed by atoms with Crippen LogP contribution in [0.2, 0.25) is 0 Å². The van der Waals surface area contributed by atoms with E-state index in [0.29, 0.717) is 6.42 Å². The second-order valence-corrected chi connectivity index (χ2v) is 7.39. The Morgan fingerprint density at radius 2 is 1.12 bits per heavy atom. The van der Waals surface area contributed by atoms with Crippen molar-refractivity contribution >= 4 is 5.91 Å². The van der Waals surface area contributed by atoms with Gasteiger partial charge in [-0.3, -0.25) is 4.79 Å². The number of allylic oxidation sites excluding steroid dienone is 2. The number of unbranched alkanes of at least 4 members (excludes halogenated alkanes) is 13. The standard InChI is InChI=1S/C23H45NO/c1-3-5-7-8-9-10-11-12-13-14-15-16-17-18-19-21-23(25)24-22-20-6-4-2/h12-13H,3-11,14-22H2,1-2H3,(H,24,25). The monoisotopic (exact) mass is 351 g/mol. The number of carbonyl (C=O) groups excluding carboxylic acids is 1. The summed E-state index contributed by atoms with van der Waals surface area (Å²) in [5.74, 6) is 0.244. The van der Waals surface area contributed by atoms with Crippen molar-refractivity contribution in [2.45, 2.75) is 123 Å². The van der Waals surface area contributed by atoms with Crippen LogP contribution in [0, 0.1) is 0 Å². The molecule has 25 heavy (non-hydrogen) atoms. The molecule has 1 amide bonds. The Morgan fingerprint density at radius 3 is 1.72 bits per heavy atom. The van der Waals surface area contributed by atoms with E-state index in [1.165, 1.54) is 89.9 Å². The Kier molecular flexibility index (Phi) is 20.6. The number of nitrogens with one attached hydrogen (secondary N) is 1. The maximum Gasteiger partial charge on any atom is 0.219 e. The van der Waals surface area contributed by atoms with E-state index < -0.39 is 0 Å². The maximum atomic E-state index is 11.6. The van der Waals surface area contributed by atoms with E-state index in [0.717, 1.165) is 19.4 Å². The van der Waals surface area contributed by atoms with Crippen LogP contribution in [0.1, 0.15) is 123 Å². The predicted octanol–water partition coefficient (Wildman–Crippen LogP) is 7.33. The summed E-state index contributed by atoms with van der Waals surface area (Å²) in [4.78, 5) is 11.6. The van der Waals surface area contributed by atoms with Gasteiger partial charge in [0.2, 0.25) is 5.91 Å². The first kappa shape index (κ1) is 24.2. The van der Waals surface area contributed by atoms with Crippen molar-refractivity contribution in [2.75, 3.05) is 6.54 Å². The fourth-order valence-electron chi connectivity index (χ4n) is 3.05. The van der Waals surface area contributed by atoms with Gasteiger partial charge in [0.15, 0.2) is 0 Å². The highest BCUT2D eigenvalue weighted by molar-refractivity contribution is 5.75. The average molecular weight is 352 g/mol. The lowest BCUT2D eigenvalue weighted by atomic mass is 10.1. The van der Waals surface area contributed by atoms with Crippen LogP contribution >= 0.6 is 0 Å². The molecule has 0 aliphatic rings.